The van der Waals surface area contributed by atoms with E-state index in [4.69, 9.17) is 0 Å². The summed E-state index contributed by atoms with van der Waals surface area (Å²) in [6.45, 7) is 0. The second-order valence-electron chi connectivity index (χ2n) is 6.57. The van der Waals surface area contributed by atoms with Crippen molar-refractivity contribution in [3.05, 3.63) is 40.9 Å². The second kappa shape index (κ2) is 9.92. The summed E-state index contributed by atoms with van der Waals surface area (Å²) in [6, 6.07) is 10.4. The van der Waals surface area contributed by atoms with Crippen LogP contribution in [-0.2, 0) is 16.3 Å². The van der Waals surface area contributed by atoms with Gasteiger partial charge in [0.15, 0.2) is 0 Å². The molecule has 1 aromatic carbocycles. The molecule has 0 aliphatic heterocycles. The van der Waals surface area contributed by atoms with Crippen LogP contribution in [-0.4, -0.2) is 16.1 Å². The highest BCUT2D eigenvalue weighted by Crippen LogP contribution is 2.28. The Labute approximate surface area is 157 Å². The number of aromatic nitrogens is 2. The molecule has 1 fully saturated rings. The van der Waals surface area contributed by atoms with Crippen LogP contribution < -0.4 is 5.32 Å². The van der Waals surface area contributed by atoms with Gasteiger partial charge in [0.2, 0.25) is 11.0 Å². The molecule has 1 saturated carbocycles. The average Bonchev–Trinajstić information content (AvgIpc) is 3.09. The van der Waals surface area contributed by atoms with Crippen LogP contribution in [0, 0.1) is 5.92 Å². The highest BCUT2D eigenvalue weighted by Gasteiger charge is 2.15. The van der Waals surface area contributed by atoms with Gasteiger partial charge < -0.3 is 5.32 Å². The maximum absolute atomic E-state index is 12.1. The molecule has 1 aromatic heterocycles. The number of carbonyl (C=O) groups excluding carboxylic acids is 1. The Hall–Kier alpha value is -1.40. The lowest BCUT2D eigenvalue weighted by Gasteiger charge is -2.20. The second-order valence-corrected chi connectivity index (χ2v) is 8.62. The smallest absolute Gasteiger partial charge is 0.226 e. The fourth-order valence-corrected chi connectivity index (χ4v) is 4.99. The normalized spacial score (nSPS) is 15.2. The van der Waals surface area contributed by atoms with Crippen LogP contribution >= 0.6 is 23.1 Å². The van der Waals surface area contributed by atoms with Crippen molar-refractivity contribution >= 4 is 34.1 Å². The predicted octanol–water partition coefficient (Wildman–Crippen LogP) is 5.27. The van der Waals surface area contributed by atoms with Crippen LogP contribution in [0.5, 0.6) is 0 Å². The number of nitrogens with zero attached hydrogens (tertiary/aromatic N) is 2. The molecular formula is C19H25N3OS2. The van der Waals surface area contributed by atoms with Gasteiger partial charge in [0.05, 0.1) is 0 Å². The topological polar surface area (TPSA) is 54.9 Å². The third-order valence-corrected chi connectivity index (χ3v) is 6.59. The summed E-state index contributed by atoms with van der Waals surface area (Å²) in [4.78, 5) is 12.1. The fourth-order valence-electron chi connectivity index (χ4n) is 3.19. The minimum Gasteiger partial charge on any atom is -0.301 e. The van der Waals surface area contributed by atoms with Crippen LogP contribution in [0.1, 0.15) is 55.5 Å². The molecule has 0 spiro atoms. The Morgan fingerprint density at radius 1 is 1.12 bits per heavy atom. The first-order valence-electron chi connectivity index (χ1n) is 9.03. The average molecular weight is 376 g/mol. The first kappa shape index (κ1) is 18.4. The molecule has 0 unspecified atom stereocenters. The van der Waals surface area contributed by atoms with E-state index in [1.54, 1.807) is 0 Å². The lowest BCUT2D eigenvalue weighted by Crippen LogP contribution is -2.14. The van der Waals surface area contributed by atoms with Gasteiger partial charge in [-0.2, -0.15) is 0 Å². The minimum atomic E-state index is 0.0743. The van der Waals surface area contributed by atoms with Gasteiger partial charge in [0, 0.05) is 17.9 Å². The Morgan fingerprint density at radius 2 is 1.92 bits per heavy atom. The zero-order valence-corrected chi connectivity index (χ0v) is 16.1. The molecule has 0 bridgehead atoms. The Balaban J connectivity index is 1.36. The first-order chi connectivity index (χ1) is 12.3. The standard InChI is InChI=1S/C19H25N3OS2/c23-17(12-11-15-7-3-1-4-8-15)20-19-22-21-18(25-19)14-24-13-16-9-5-2-6-10-16/h2,5-6,9-10,15H,1,3-4,7-8,11-14H2,(H,20,22,23). The summed E-state index contributed by atoms with van der Waals surface area (Å²) in [5.74, 6) is 2.60. The lowest BCUT2D eigenvalue weighted by molar-refractivity contribution is -0.116. The quantitative estimate of drug-likeness (QED) is 0.683. The first-order valence-corrected chi connectivity index (χ1v) is 11.0. The highest BCUT2D eigenvalue weighted by molar-refractivity contribution is 7.97. The highest BCUT2D eigenvalue weighted by atomic mass is 32.2. The monoisotopic (exact) mass is 375 g/mol. The number of hydrogen-bond acceptors (Lipinski definition) is 5. The molecule has 3 rings (SSSR count). The van der Waals surface area contributed by atoms with Crippen molar-refractivity contribution in [2.24, 2.45) is 5.92 Å². The number of rotatable bonds is 8. The zero-order valence-electron chi connectivity index (χ0n) is 14.4. The molecule has 0 saturated heterocycles. The molecule has 1 N–H and O–H groups in total. The van der Waals surface area contributed by atoms with E-state index in [-0.39, 0.29) is 5.91 Å². The summed E-state index contributed by atoms with van der Waals surface area (Å²) < 4.78 is 0. The number of hydrogen-bond donors (Lipinski definition) is 1. The van der Waals surface area contributed by atoms with Crippen molar-refractivity contribution in [2.45, 2.75) is 56.5 Å². The van der Waals surface area contributed by atoms with Crippen molar-refractivity contribution in [1.82, 2.24) is 10.2 Å². The Kier molecular flexibility index (Phi) is 7.30. The van der Waals surface area contributed by atoms with Crippen LogP contribution in [0.3, 0.4) is 0 Å². The SMILES string of the molecule is O=C(CCC1CCCCC1)Nc1nnc(CSCc2ccccc2)s1. The van der Waals surface area contributed by atoms with Gasteiger partial charge in [-0.25, -0.2) is 0 Å². The summed E-state index contributed by atoms with van der Waals surface area (Å²) in [6.07, 6.45) is 8.19. The summed E-state index contributed by atoms with van der Waals surface area (Å²) in [5, 5.41) is 12.8. The van der Waals surface area contributed by atoms with Crippen molar-refractivity contribution in [3.63, 3.8) is 0 Å². The third-order valence-electron chi connectivity index (χ3n) is 4.55. The van der Waals surface area contributed by atoms with Crippen molar-refractivity contribution in [3.8, 4) is 0 Å². The molecule has 1 aliphatic carbocycles. The molecule has 1 amide bonds. The lowest BCUT2D eigenvalue weighted by atomic mass is 9.86. The van der Waals surface area contributed by atoms with E-state index in [9.17, 15) is 4.79 Å². The molecule has 0 radical (unpaired) electrons. The van der Waals surface area contributed by atoms with Crippen molar-refractivity contribution in [2.75, 3.05) is 5.32 Å². The number of carbonyl (C=O) groups is 1. The number of anilines is 1. The number of thioether (sulfide) groups is 1. The summed E-state index contributed by atoms with van der Waals surface area (Å²) in [7, 11) is 0. The van der Waals surface area contributed by atoms with Gasteiger partial charge in [-0.05, 0) is 17.9 Å². The number of nitrogens with one attached hydrogen (secondary N) is 1. The van der Waals surface area contributed by atoms with E-state index in [0.717, 1.165) is 28.9 Å². The molecule has 1 heterocycles. The van der Waals surface area contributed by atoms with Gasteiger partial charge in [-0.1, -0.05) is 73.8 Å². The van der Waals surface area contributed by atoms with Crippen LogP contribution in [0.2, 0.25) is 0 Å². The van der Waals surface area contributed by atoms with E-state index in [0.29, 0.717) is 11.6 Å². The summed E-state index contributed by atoms with van der Waals surface area (Å²) >= 11 is 3.30. The van der Waals surface area contributed by atoms with E-state index >= 15 is 0 Å². The van der Waals surface area contributed by atoms with Crippen molar-refractivity contribution < 1.29 is 4.79 Å². The van der Waals surface area contributed by atoms with E-state index < -0.39 is 0 Å². The fraction of sp³-hybridized carbons (Fsp3) is 0.526. The minimum absolute atomic E-state index is 0.0743. The molecule has 0 atom stereocenters. The van der Waals surface area contributed by atoms with Crippen molar-refractivity contribution in [1.29, 1.82) is 0 Å². The van der Waals surface area contributed by atoms with Crippen LogP contribution in [0.4, 0.5) is 5.13 Å². The van der Waals surface area contributed by atoms with Gasteiger partial charge in [-0.15, -0.1) is 22.0 Å². The Bertz CT molecular complexity index is 654. The van der Waals surface area contributed by atoms with Gasteiger partial charge >= 0.3 is 0 Å². The number of benzene rings is 1. The molecule has 2 aromatic rings. The molecule has 1 aliphatic rings. The molecule has 6 heteroatoms. The number of amides is 1. The summed E-state index contributed by atoms with van der Waals surface area (Å²) in [5.41, 5.74) is 1.31. The maximum atomic E-state index is 12.1. The zero-order chi connectivity index (χ0) is 17.3. The van der Waals surface area contributed by atoms with Gasteiger partial charge in [0.1, 0.15) is 5.01 Å². The van der Waals surface area contributed by atoms with E-state index in [1.807, 2.05) is 17.8 Å². The van der Waals surface area contributed by atoms with Crippen LogP contribution in [0.25, 0.3) is 0 Å². The Morgan fingerprint density at radius 3 is 2.72 bits per heavy atom. The molecular weight excluding hydrogens is 350 g/mol. The molecule has 4 nitrogen and oxygen atoms in total. The van der Waals surface area contributed by atoms with Gasteiger partial charge in [-0.3, -0.25) is 4.79 Å². The van der Waals surface area contributed by atoms with Crippen LogP contribution in [0.15, 0.2) is 30.3 Å². The third kappa shape index (κ3) is 6.44. The molecule has 25 heavy (non-hydrogen) atoms. The molecule has 134 valence electrons. The van der Waals surface area contributed by atoms with E-state index in [1.165, 1.54) is 49.0 Å². The predicted molar refractivity (Wildman–Crippen MR) is 106 cm³/mol. The largest absolute Gasteiger partial charge is 0.301 e. The van der Waals surface area contributed by atoms with E-state index in [2.05, 4.69) is 39.8 Å². The van der Waals surface area contributed by atoms with Gasteiger partial charge in [0.25, 0.3) is 0 Å². The maximum Gasteiger partial charge on any atom is 0.226 e.